The van der Waals surface area contributed by atoms with E-state index >= 15 is 0 Å². The van der Waals surface area contributed by atoms with Gasteiger partial charge in [-0.15, -0.1) is 0 Å². The lowest BCUT2D eigenvalue weighted by Crippen LogP contribution is -2.23. The third-order valence-electron chi connectivity index (χ3n) is 6.13. The Balaban J connectivity index is 1.78. The first-order valence-corrected chi connectivity index (χ1v) is 12.1. The molecule has 0 saturated heterocycles. The molecule has 2 aromatic heterocycles. The van der Waals surface area contributed by atoms with Gasteiger partial charge in [-0.05, 0) is 54.8 Å². The Labute approximate surface area is 215 Å². The van der Waals surface area contributed by atoms with Gasteiger partial charge in [0, 0.05) is 27.1 Å². The maximum absolute atomic E-state index is 13.1. The number of carbonyl (C=O) groups excluding carboxylic acids is 2. The van der Waals surface area contributed by atoms with Gasteiger partial charge in [0.2, 0.25) is 17.4 Å². The van der Waals surface area contributed by atoms with Crippen LogP contribution in [0.25, 0.3) is 33.5 Å². The summed E-state index contributed by atoms with van der Waals surface area (Å²) >= 11 is 18.7. The van der Waals surface area contributed by atoms with E-state index in [9.17, 15) is 14.7 Å². The summed E-state index contributed by atoms with van der Waals surface area (Å²) in [5.41, 5.74) is 2.97. The molecule has 0 unspecified atom stereocenters. The van der Waals surface area contributed by atoms with Gasteiger partial charge in [-0.2, -0.15) is 0 Å². The maximum Gasteiger partial charge on any atom is 0.250 e. The van der Waals surface area contributed by atoms with Crippen molar-refractivity contribution < 1.29 is 19.1 Å². The van der Waals surface area contributed by atoms with Crippen molar-refractivity contribution in [3.8, 4) is 22.4 Å². The van der Waals surface area contributed by atoms with Crippen molar-refractivity contribution >= 4 is 63.3 Å². The SMILES string of the molecule is O=C(CO)Nc1c(C(=O)C2CCC2)oc2nc(-c3ccc(Cl)cc3Cl)c(-c3ccc(Cl)cc3)cc12. The van der Waals surface area contributed by atoms with Crippen LogP contribution in [0.3, 0.4) is 0 Å². The molecule has 9 heteroatoms. The number of amides is 1. The van der Waals surface area contributed by atoms with E-state index in [1.54, 1.807) is 36.4 Å². The molecule has 0 spiro atoms. The van der Waals surface area contributed by atoms with Crippen molar-refractivity contribution in [1.82, 2.24) is 4.98 Å². The van der Waals surface area contributed by atoms with E-state index in [1.165, 1.54) is 0 Å². The summed E-state index contributed by atoms with van der Waals surface area (Å²) in [6, 6.07) is 14.1. The van der Waals surface area contributed by atoms with Crippen molar-refractivity contribution in [2.45, 2.75) is 19.3 Å². The van der Waals surface area contributed by atoms with Crippen LogP contribution >= 0.6 is 34.8 Å². The number of pyridine rings is 1. The molecule has 1 aliphatic carbocycles. The number of ketones is 1. The minimum atomic E-state index is -0.736. The van der Waals surface area contributed by atoms with Crippen molar-refractivity contribution in [2.75, 3.05) is 11.9 Å². The molecule has 1 fully saturated rings. The topological polar surface area (TPSA) is 92.4 Å². The zero-order chi connectivity index (χ0) is 24.7. The second-order valence-corrected chi connectivity index (χ2v) is 9.65. The molecule has 0 radical (unpaired) electrons. The summed E-state index contributed by atoms with van der Waals surface area (Å²) in [6.07, 6.45) is 2.49. The number of anilines is 1. The monoisotopic (exact) mass is 528 g/mol. The molecule has 1 saturated carbocycles. The number of aliphatic hydroxyl groups excluding tert-OH is 1. The number of fused-ring (bicyclic) bond motifs is 1. The Hall–Kier alpha value is -2.90. The predicted octanol–water partition coefficient (Wildman–Crippen LogP) is 7.04. The second-order valence-electron chi connectivity index (χ2n) is 8.37. The van der Waals surface area contributed by atoms with E-state index < -0.39 is 12.5 Å². The summed E-state index contributed by atoms with van der Waals surface area (Å²) in [7, 11) is 0. The highest BCUT2D eigenvalue weighted by Gasteiger charge is 2.33. The fourth-order valence-corrected chi connectivity index (χ4v) is 4.72. The largest absolute Gasteiger partial charge is 0.432 e. The number of carbonyl (C=O) groups is 2. The van der Waals surface area contributed by atoms with Crippen LogP contribution in [0.1, 0.15) is 29.8 Å². The number of Topliss-reactive ketones (excluding diaryl/α,β-unsaturated/α-hetero) is 1. The smallest absolute Gasteiger partial charge is 0.250 e. The molecule has 4 aromatic rings. The van der Waals surface area contributed by atoms with Crippen molar-refractivity contribution in [1.29, 1.82) is 0 Å². The van der Waals surface area contributed by atoms with Crippen LogP contribution in [0.5, 0.6) is 0 Å². The lowest BCUT2D eigenvalue weighted by Gasteiger charge is -2.22. The molecule has 6 nitrogen and oxygen atoms in total. The van der Waals surface area contributed by atoms with Crippen LogP contribution in [0, 0.1) is 5.92 Å². The molecule has 35 heavy (non-hydrogen) atoms. The molecule has 1 amide bonds. The zero-order valence-corrected chi connectivity index (χ0v) is 20.5. The van der Waals surface area contributed by atoms with Gasteiger partial charge in [-0.1, -0.05) is 53.4 Å². The van der Waals surface area contributed by atoms with Crippen LogP contribution in [-0.4, -0.2) is 28.4 Å². The number of hydrogen-bond donors (Lipinski definition) is 2. The van der Waals surface area contributed by atoms with Gasteiger partial charge in [-0.25, -0.2) is 4.98 Å². The Morgan fingerprint density at radius 1 is 1.00 bits per heavy atom. The van der Waals surface area contributed by atoms with Crippen LogP contribution in [-0.2, 0) is 4.79 Å². The molecule has 0 bridgehead atoms. The summed E-state index contributed by atoms with van der Waals surface area (Å²) in [5, 5.41) is 13.8. The number of aromatic nitrogens is 1. The molecular weight excluding hydrogens is 511 g/mol. The average molecular weight is 530 g/mol. The average Bonchev–Trinajstić information content (AvgIpc) is 3.15. The second kappa shape index (κ2) is 9.63. The van der Waals surface area contributed by atoms with Crippen LogP contribution in [0.15, 0.2) is 52.9 Å². The molecule has 178 valence electrons. The Morgan fingerprint density at radius 2 is 1.71 bits per heavy atom. The van der Waals surface area contributed by atoms with Gasteiger partial charge >= 0.3 is 0 Å². The Kier molecular flexibility index (Phi) is 6.55. The van der Waals surface area contributed by atoms with Gasteiger partial charge in [0.15, 0.2) is 5.76 Å². The lowest BCUT2D eigenvalue weighted by atomic mass is 9.81. The van der Waals surface area contributed by atoms with Gasteiger partial charge in [-0.3, -0.25) is 9.59 Å². The first kappa shape index (κ1) is 23.8. The standard InChI is InChI=1S/C26H19Cl3N2O4/c27-15-6-4-13(5-7-15)18-11-19-23(30-21(33)12-32)25(24(34)14-2-1-3-14)35-26(19)31-22(18)17-9-8-16(28)10-20(17)29/h4-11,14,32H,1-3,12H2,(H,30,33). The molecular formula is C26H19Cl3N2O4. The van der Waals surface area contributed by atoms with E-state index in [0.717, 1.165) is 24.8 Å². The third-order valence-corrected chi connectivity index (χ3v) is 6.93. The van der Waals surface area contributed by atoms with Crippen LogP contribution in [0.4, 0.5) is 5.69 Å². The Morgan fingerprint density at radius 3 is 2.34 bits per heavy atom. The van der Waals surface area contributed by atoms with Gasteiger partial charge in [0.1, 0.15) is 12.3 Å². The van der Waals surface area contributed by atoms with E-state index in [0.29, 0.717) is 37.3 Å². The molecule has 0 atom stereocenters. The predicted molar refractivity (Wildman–Crippen MR) is 137 cm³/mol. The highest BCUT2D eigenvalue weighted by molar-refractivity contribution is 6.36. The van der Waals surface area contributed by atoms with E-state index in [2.05, 4.69) is 5.32 Å². The number of hydrogen-bond acceptors (Lipinski definition) is 5. The molecule has 1 aliphatic rings. The summed E-state index contributed by atoms with van der Waals surface area (Å²) in [4.78, 5) is 30.0. The molecule has 2 heterocycles. The lowest BCUT2D eigenvalue weighted by molar-refractivity contribution is -0.118. The van der Waals surface area contributed by atoms with Crippen LogP contribution < -0.4 is 5.32 Å². The molecule has 2 aromatic carbocycles. The number of aliphatic hydroxyl groups is 1. The highest BCUT2D eigenvalue weighted by Crippen LogP contribution is 2.42. The first-order chi connectivity index (χ1) is 16.9. The summed E-state index contributed by atoms with van der Waals surface area (Å²) < 4.78 is 5.95. The van der Waals surface area contributed by atoms with Gasteiger partial charge in [0.25, 0.3) is 0 Å². The number of rotatable bonds is 6. The fraction of sp³-hybridized carbons (Fsp3) is 0.192. The van der Waals surface area contributed by atoms with E-state index in [4.69, 9.17) is 44.2 Å². The van der Waals surface area contributed by atoms with Crippen LogP contribution in [0.2, 0.25) is 15.1 Å². The van der Waals surface area contributed by atoms with Gasteiger partial charge in [0.05, 0.1) is 16.1 Å². The van der Waals surface area contributed by atoms with E-state index in [-0.39, 0.29) is 28.9 Å². The van der Waals surface area contributed by atoms with E-state index in [1.807, 2.05) is 12.1 Å². The number of benzene rings is 2. The molecule has 5 rings (SSSR count). The van der Waals surface area contributed by atoms with Crippen molar-refractivity contribution in [3.05, 3.63) is 69.4 Å². The first-order valence-electron chi connectivity index (χ1n) is 11.0. The molecule has 0 aliphatic heterocycles. The third kappa shape index (κ3) is 4.55. The normalized spacial score (nSPS) is 13.6. The number of nitrogens with one attached hydrogen (secondary N) is 1. The van der Waals surface area contributed by atoms with Crippen molar-refractivity contribution in [3.63, 3.8) is 0 Å². The number of halogens is 3. The number of nitrogens with zero attached hydrogens (tertiary/aromatic N) is 1. The van der Waals surface area contributed by atoms with Crippen molar-refractivity contribution in [2.24, 2.45) is 5.92 Å². The fourth-order valence-electron chi connectivity index (χ4n) is 4.09. The number of furan rings is 1. The quantitative estimate of drug-likeness (QED) is 0.261. The van der Waals surface area contributed by atoms with Gasteiger partial charge < -0.3 is 14.8 Å². The minimum Gasteiger partial charge on any atom is -0.432 e. The Bertz CT molecular complexity index is 1460. The molecule has 2 N–H and O–H groups in total. The maximum atomic E-state index is 13.1. The highest BCUT2D eigenvalue weighted by atomic mass is 35.5. The minimum absolute atomic E-state index is 0.0282. The summed E-state index contributed by atoms with van der Waals surface area (Å²) in [6.45, 7) is -0.736. The summed E-state index contributed by atoms with van der Waals surface area (Å²) in [5.74, 6) is -0.989. The zero-order valence-electron chi connectivity index (χ0n) is 18.3.